The summed E-state index contributed by atoms with van der Waals surface area (Å²) in [6.07, 6.45) is 2.03. The molecule has 2 nitrogen and oxygen atoms in total. The minimum absolute atomic E-state index is 0.435. The largest absolute Gasteiger partial charge is 0.497 e. The van der Waals surface area contributed by atoms with Gasteiger partial charge in [-0.25, -0.2) is 0 Å². The van der Waals surface area contributed by atoms with E-state index in [-0.39, 0.29) is 0 Å². The van der Waals surface area contributed by atoms with Crippen LogP contribution in [0.1, 0.15) is 11.1 Å². The molecule has 0 bridgehead atoms. The zero-order valence-corrected chi connectivity index (χ0v) is 12.4. The van der Waals surface area contributed by atoms with E-state index in [1.165, 1.54) is 0 Å². The first-order valence-electron chi connectivity index (χ1n) is 6.32. The van der Waals surface area contributed by atoms with E-state index in [1.54, 1.807) is 14.2 Å². The van der Waals surface area contributed by atoms with Gasteiger partial charge in [-0.2, -0.15) is 0 Å². The van der Waals surface area contributed by atoms with Gasteiger partial charge in [-0.1, -0.05) is 30.3 Å². The van der Waals surface area contributed by atoms with E-state index in [0.717, 1.165) is 28.2 Å². The van der Waals surface area contributed by atoms with E-state index in [2.05, 4.69) is 0 Å². The summed E-state index contributed by atoms with van der Waals surface area (Å²) in [5.74, 6) is 2.02. The molecule has 0 radical (unpaired) electrons. The zero-order valence-electron chi connectivity index (χ0n) is 11.6. The molecule has 0 heterocycles. The molecule has 0 aliphatic heterocycles. The summed E-state index contributed by atoms with van der Waals surface area (Å²) in [5, 5.41) is 0. The van der Waals surface area contributed by atoms with Crippen LogP contribution in [-0.4, -0.2) is 20.1 Å². The molecule has 0 amide bonds. The second-order valence-corrected chi connectivity index (χ2v) is 4.54. The Kier molecular flexibility index (Phi) is 5.08. The first-order valence-corrected chi connectivity index (χ1v) is 6.86. The molecular formula is C17H17ClO2. The molecule has 20 heavy (non-hydrogen) atoms. The van der Waals surface area contributed by atoms with Gasteiger partial charge in [-0.15, -0.1) is 11.6 Å². The molecule has 0 aliphatic rings. The number of rotatable bonds is 5. The summed E-state index contributed by atoms with van der Waals surface area (Å²) >= 11 is 6.08. The molecule has 0 spiro atoms. The number of hydrogen-bond acceptors (Lipinski definition) is 2. The molecule has 0 aromatic heterocycles. The Morgan fingerprint density at radius 3 is 2.40 bits per heavy atom. The van der Waals surface area contributed by atoms with E-state index in [1.807, 2.05) is 54.6 Å². The third kappa shape index (κ3) is 3.34. The standard InChI is InChI=1S/C17H17ClO2/c1-19-16-8-9-17(20-2)14(11-16)10-15(12-18)13-6-4-3-5-7-13/h3-11H,12H2,1-2H3. The number of halogens is 1. The fraction of sp³-hybridized carbons (Fsp3) is 0.176. The summed E-state index contributed by atoms with van der Waals surface area (Å²) in [6, 6.07) is 15.8. The smallest absolute Gasteiger partial charge is 0.126 e. The Morgan fingerprint density at radius 1 is 1.05 bits per heavy atom. The highest BCUT2D eigenvalue weighted by Crippen LogP contribution is 2.28. The van der Waals surface area contributed by atoms with Crippen LogP contribution in [0.5, 0.6) is 11.5 Å². The minimum atomic E-state index is 0.435. The Bertz CT molecular complexity index is 591. The second kappa shape index (κ2) is 7.01. The highest BCUT2D eigenvalue weighted by atomic mass is 35.5. The molecule has 2 rings (SSSR count). The van der Waals surface area contributed by atoms with E-state index in [9.17, 15) is 0 Å². The highest BCUT2D eigenvalue weighted by molar-refractivity contribution is 6.24. The SMILES string of the molecule is COc1ccc(OC)c(C=C(CCl)c2ccccc2)c1. The molecule has 3 heteroatoms. The van der Waals surface area contributed by atoms with Gasteiger partial charge in [0.05, 0.1) is 14.2 Å². The van der Waals surface area contributed by atoms with Crippen molar-refractivity contribution in [1.29, 1.82) is 0 Å². The van der Waals surface area contributed by atoms with Crippen molar-refractivity contribution in [2.75, 3.05) is 20.1 Å². The lowest BCUT2D eigenvalue weighted by molar-refractivity contribution is 0.402. The van der Waals surface area contributed by atoms with Gasteiger partial charge < -0.3 is 9.47 Å². The van der Waals surface area contributed by atoms with Crippen molar-refractivity contribution >= 4 is 23.3 Å². The average molecular weight is 289 g/mol. The number of hydrogen-bond donors (Lipinski definition) is 0. The van der Waals surface area contributed by atoms with Gasteiger partial charge >= 0.3 is 0 Å². The predicted octanol–water partition coefficient (Wildman–Crippen LogP) is 4.48. The lowest BCUT2D eigenvalue weighted by Gasteiger charge is -2.10. The first-order chi connectivity index (χ1) is 9.78. The van der Waals surface area contributed by atoms with Crippen LogP contribution >= 0.6 is 11.6 Å². The molecule has 2 aromatic carbocycles. The molecule has 0 atom stereocenters. The van der Waals surface area contributed by atoms with E-state index in [0.29, 0.717) is 5.88 Å². The maximum Gasteiger partial charge on any atom is 0.126 e. The van der Waals surface area contributed by atoms with Gasteiger partial charge in [0, 0.05) is 11.4 Å². The highest BCUT2D eigenvalue weighted by Gasteiger charge is 2.06. The van der Waals surface area contributed by atoms with Crippen LogP contribution in [0.15, 0.2) is 48.5 Å². The topological polar surface area (TPSA) is 18.5 Å². The summed E-state index contributed by atoms with van der Waals surface area (Å²) in [6.45, 7) is 0. The van der Waals surface area contributed by atoms with Gasteiger partial charge in [0.1, 0.15) is 11.5 Å². The number of benzene rings is 2. The Morgan fingerprint density at radius 2 is 1.80 bits per heavy atom. The lowest BCUT2D eigenvalue weighted by atomic mass is 10.0. The van der Waals surface area contributed by atoms with Crippen molar-refractivity contribution < 1.29 is 9.47 Å². The van der Waals surface area contributed by atoms with Crippen molar-refractivity contribution in [1.82, 2.24) is 0 Å². The molecule has 0 N–H and O–H groups in total. The van der Waals surface area contributed by atoms with Crippen LogP contribution in [0, 0.1) is 0 Å². The third-order valence-electron chi connectivity index (χ3n) is 3.06. The number of ether oxygens (including phenoxy) is 2. The molecule has 2 aromatic rings. The maximum absolute atomic E-state index is 6.08. The van der Waals surface area contributed by atoms with Gasteiger partial charge in [0.15, 0.2) is 0 Å². The van der Waals surface area contributed by atoms with Gasteiger partial charge in [0.25, 0.3) is 0 Å². The lowest BCUT2D eigenvalue weighted by Crippen LogP contribution is -1.91. The van der Waals surface area contributed by atoms with Crippen molar-refractivity contribution in [2.45, 2.75) is 0 Å². The zero-order chi connectivity index (χ0) is 14.4. The van der Waals surface area contributed by atoms with Crippen LogP contribution in [0.2, 0.25) is 0 Å². The molecular weight excluding hydrogens is 272 g/mol. The maximum atomic E-state index is 6.08. The monoisotopic (exact) mass is 288 g/mol. The van der Waals surface area contributed by atoms with Gasteiger partial charge in [0.2, 0.25) is 0 Å². The average Bonchev–Trinajstić information content (AvgIpc) is 2.53. The molecule has 0 saturated heterocycles. The molecule has 0 unspecified atom stereocenters. The first kappa shape index (κ1) is 14.5. The molecule has 0 fully saturated rings. The van der Waals surface area contributed by atoms with Crippen LogP contribution in [0.3, 0.4) is 0 Å². The summed E-state index contributed by atoms with van der Waals surface area (Å²) < 4.78 is 10.6. The van der Waals surface area contributed by atoms with Crippen LogP contribution in [0.25, 0.3) is 11.6 Å². The Balaban J connectivity index is 2.46. The third-order valence-corrected chi connectivity index (χ3v) is 3.34. The second-order valence-electron chi connectivity index (χ2n) is 4.28. The van der Waals surface area contributed by atoms with Crippen LogP contribution in [0.4, 0.5) is 0 Å². The van der Waals surface area contributed by atoms with Gasteiger partial charge in [-0.05, 0) is 35.4 Å². The number of alkyl halides is 1. The number of allylic oxidation sites excluding steroid dienone is 1. The summed E-state index contributed by atoms with van der Waals surface area (Å²) in [7, 11) is 3.30. The Hall–Kier alpha value is -1.93. The normalized spacial score (nSPS) is 11.2. The van der Waals surface area contributed by atoms with Crippen molar-refractivity contribution in [3.8, 4) is 11.5 Å². The van der Waals surface area contributed by atoms with E-state index in [4.69, 9.17) is 21.1 Å². The van der Waals surface area contributed by atoms with Crippen molar-refractivity contribution in [2.24, 2.45) is 0 Å². The quantitative estimate of drug-likeness (QED) is 0.596. The van der Waals surface area contributed by atoms with Crippen LogP contribution in [-0.2, 0) is 0 Å². The van der Waals surface area contributed by atoms with E-state index >= 15 is 0 Å². The summed E-state index contributed by atoms with van der Waals surface area (Å²) in [5.41, 5.74) is 3.09. The molecule has 0 aliphatic carbocycles. The minimum Gasteiger partial charge on any atom is -0.497 e. The molecule has 0 saturated carbocycles. The van der Waals surface area contributed by atoms with Crippen LogP contribution < -0.4 is 9.47 Å². The summed E-state index contributed by atoms with van der Waals surface area (Å²) in [4.78, 5) is 0. The predicted molar refractivity (Wildman–Crippen MR) is 84.6 cm³/mol. The van der Waals surface area contributed by atoms with Crippen molar-refractivity contribution in [3.63, 3.8) is 0 Å². The van der Waals surface area contributed by atoms with Crippen molar-refractivity contribution in [3.05, 3.63) is 59.7 Å². The van der Waals surface area contributed by atoms with Gasteiger partial charge in [-0.3, -0.25) is 0 Å². The fourth-order valence-corrected chi connectivity index (χ4v) is 2.22. The Labute approximate surface area is 124 Å². The fourth-order valence-electron chi connectivity index (χ4n) is 1.99. The van der Waals surface area contributed by atoms with E-state index < -0.39 is 0 Å². The molecule has 104 valence electrons. The number of methoxy groups -OCH3 is 2.